The van der Waals surface area contributed by atoms with Crippen LogP contribution in [-0.2, 0) is 4.79 Å². The second-order valence-corrected chi connectivity index (χ2v) is 2.94. The van der Waals surface area contributed by atoms with E-state index in [4.69, 9.17) is 5.73 Å². The second kappa shape index (κ2) is 3.89. The lowest BCUT2D eigenvalue weighted by molar-refractivity contribution is -0.118. The number of aryl methyl sites for hydroxylation is 1. The number of nitrogens with zero attached hydrogens (tertiary/aromatic N) is 1. The molecular formula is C9H13N3O. The van der Waals surface area contributed by atoms with Gasteiger partial charge in [-0.05, 0) is 25.5 Å². The predicted octanol–water partition coefficient (Wildman–Crippen LogP) is 0.676. The molecule has 0 spiro atoms. The van der Waals surface area contributed by atoms with Crippen molar-refractivity contribution < 1.29 is 4.79 Å². The fourth-order valence-electron chi connectivity index (χ4n) is 0.913. The molecule has 1 amide bonds. The van der Waals surface area contributed by atoms with Crippen molar-refractivity contribution in [1.29, 1.82) is 0 Å². The number of amides is 1. The maximum Gasteiger partial charge on any atom is 0.239 e. The van der Waals surface area contributed by atoms with Crippen LogP contribution in [0.4, 0.5) is 5.82 Å². The molecule has 1 unspecified atom stereocenters. The molecule has 0 saturated heterocycles. The third kappa shape index (κ3) is 2.43. The molecule has 0 bridgehead atoms. The molecule has 0 radical (unpaired) electrons. The highest BCUT2D eigenvalue weighted by atomic mass is 16.1. The Kier molecular flexibility index (Phi) is 2.84. The van der Waals surface area contributed by atoms with Crippen LogP contribution in [0, 0.1) is 6.92 Å². The van der Waals surface area contributed by atoms with E-state index >= 15 is 0 Å². The molecule has 4 nitrogen and oxygen atoms in total. The summed E-state index contributed by atoms with van der Waals surface area (Å²) in [5, 5.41) is 2.92. The summed E-state index contributed by atoms with van der Waals surface area (Å²) >= 11 is 0. The van der Waals surface area contributed by atoms with Crippen molar-refractivity contribution in [3.63, 3.8) is 0 Å². The Bertz CT molecular complexity index is 311. The summed E-state index contributed by atoms with van der Waals surface area (Å²) in [6.45, 7) is 3.62. The minimum Gasteiger partial charge on any atom is -0.368 e. The van der Waals surface area contributed by atoms with Gasteiger partial charge >= 0.3 is 0 Å². The molecule has 0 saturated carbocycles. The Balaban J connectivity index is 2.74. The lowest BCUT2D eigenvalue weighted by Crippen LogP contribution is -2.32. The zero-order chi connectivity index (χ0) is 9.84. The van der Waals surface area contributed by atoms with Crippen LogP contribution in [0.5, 0.6) is 0 Å². The first-order valence-corrected chi connectivity index (χ1v) is 4.08. The maximum atomic E-state index is 10.7. The Labute approximate surface area is 77.2 Å². The SMILES string of the molecule is Cc1cccnc1NC(C)C(N)=O. The van der Waals surface area contributed by atoms with Gasteiger partial charge in [0.25, 0.3) is 0 Å². The van der Waals surface area contributed by atoms with Crippen LogP contribution in [-0.4, -0.2) is 16.9 Å². The largest absolute Gasteiger partial charge is 0.368 e. The Hall–Kier alpha value is -1.58. The monoisotopic (exact) mass is 179 g/mol. The molecule has 4 heteroatoms. The van der Waals surface area contributed by atoms with Crippen LogP contribution in [0.15, 0.2) is 18.3 Å². The van der Waals surface area contributed by atoms with Gasteiger partial charge in [0, 0.05) is 6.20 Å². The van der Waals surface area contributed by atoms with Crippen LogP contribution < -0.4 is 11.1 Å². The number of pyridine rings is 1. The maximum absolute atomic E-state index is 10.7. The third-order valence-electron chi connectivity index (χ3n) is 1.79. The molecule has 0 aliphatic carbocycles. The van der Waals surface area contributed by atoms with Gasteiger partial charge in [0.05, 0.1) is 0 Å². The Morgan fingerprint density at radius 1 is 1.69 bits per heavy atom. The van der Waals surface area contributed by atoms with Crippen molar-refractivity contribution in [2.75, 3.05) is 5.32 Å². The van der Waals surface area contributed by atoms with Gasteiger partial charge in [0.2, 0.25) is 5.91 Å². The van der Waals surface area contributed by atoms with E-state index in [0.29, 0.717) is 5.82 Å². The molecule has 13 heavy (non-hydrogen) atoms. The van der Waals surface area contributed by atoms with Gasteiger partial charge in [0.1, 0.15) is 11.9 Å². The summed E-state index contributed by atoms with van der Waals surface area (Å²) in [7, 11) is 0. The van der Waals surface area contributed by atoms with Crippen LogP contribution in [0.1, 0.15) is 12.5 Å². The van der Waals surface area contributed by atoms with E-state index in [0.717, 1.165) is 5.56 Å². The molecule has 70 valence electrons. The number of hydrogen-bond acceptors (Lipinski definition) is 3. The molecule has 1 atom stereocenters. The first-order chi connectivity index (χ1) is 6.11. The Morgan fingerprint density at radius 3 is 2.92 bits per heavy atom. The van der Waals surface area contributed by atoms with Gasteiger partial charge in [-0.15, -0.1) is 0 Å². The highest BCUT2D eigenvalue weighted by Crippen LogP contribution is 2.09. The number of rotatable bonds is 3. The van der Waals surface area contributed by atoms with Crippen LogP contribution >= 0.6 is 0 Å². The van der Waals surface area contributed by atoms with Gasteiger partial charge in [-0.3, -0.25) is 4.79 Å². The average molecular weight is 179 g/mol. The van der Waals surface area contributed by atoms with E-state index in [1.807, 2.05) is 19.1 Å². The molecule has 0 aliphatic heterocycles. The summed E-state index contributed by atoms with van der Waals surface area (Å²) in [6, 6.07) is 3.37. The number of anilines is 1. The first kappa shape index (κ1) is 9.51. The topological polar surface area (TPSA) is 68.0 Å². The van der Waals surface area contributed by atoms with Crippen LogP contribution in [0.25, 0.3) is 0 Å². The molecular weight excluding hydrogens is 166 g/mol. The molecule has 1 aromatic rings. The normalized spacial score (nSPS) is 12.2. The molecule has 1 rings (SSSR count). The second-order valence-electron chi connectivity index (χ2n) is 2.94. The zero-order valence-corrected chi connectivity index (χ0v) is 7.74. The molecule has 1 aromatic heterocycles. The van der Waals surface area contributed by atoms with Crippen molar-refractivity contribution in [1.82, 2.24) is 4.98 Å². The molecule has 0 aromatic carbocycles. The first-order valence-electron chi connectivity index (χ1n) is 4.08. The number of nitrogens with one attached hydrogen (secondary N) is 1. The number of carbonyl (C=O) groups is 1. The van der Waals surface area contributed by atoms with Crippen molar-refractivity contribution in [3.8, 4) is 0 Å². The molecule has 3 N–H and O–H groups in total. The van der Waals surface area contributed by atoms with Crippen LogP contribution in [0.3, 0.4) is 0 Å². The predicted molar refractivity (Wildman–Crippen MR) is 51.3 cm³/mol. The summed E-state index contributed by atoms with van der Waals surface area (Å²) in [6.07, 6.45) is 1.67. The minimum atomic E-state index is -0.395. The van der Waals surface area contributed by atoms with Gasteiger partial charge in [0.15, 0.2) is 0 Å². The summed E-state index contributed by atoms with van der Waals surface area (Å²) in [5.74, 6) is 0.318. The Morgan fingerprint density at radius 2 is 2.38 bits per heavy atom. The smallest absolute Gasteiger partial charge is 0.239 e. The zero-order valence-electron chi connectivity index (χ0n) is 7.74. The number of primary amides is 1. The van der Waals surface area contributed by atoms with Crippen molar-refractivity contribution in [3.05, 3.63) is 23.9 Å². The fraction of sp³-hybridized carbons (Fsp3) is 0.333. The van der Waals surface area contributed by atoms with E-state index in [-0.39, 0.29) is 5.91 Å². The summed E-state index contributed by atoms with van der Waals surface area (Å²) in [4.78, 5) is 14.8. The van der Waals surface area contributed by atoms with E-state index in [2.05, 4.69) is 10.3 Å². The lowest BCUT2D eigenvalue weighted by Gasteiger charge is -2.11. The lowest BCUT2D eigenvalue weighted by atomic mass is 10.2. The van der Waals surface area contributed by atoms with Crippen molar-refractivity contribution in [2.45, 2.75) is 19.9 Å². The summed E-state index contributed by atoms with van der Waals surface area (Å²) in [5.41, 5.74) is 6.10. The average Bonchev–Trinajstić information content (AvgIpc) is 2.08. The fourth-order valence-corrected chi connectivity index (χ4v) is 0.913. The highest BCUT2D eigenvalue weighted by Gasteiger charge is 2.09. The number of nitrogens with two attached hydrogens (primary N) is 1. The van der Waals surface area contributed by atoms with E-state index in [1.165, 1.54) is 0 Å². The van der Waals surface area contributed by atoms with Crippen LogP contribution in [0.2, 0.25) is 0 Å². The van der Waals surface area contributed by atoms with E-state index in [9.17, 15) is 4.79 Å². The number of aromatic nitrogens is 1. The molecule has 1 heterocycles. The van der Waals surface area contributed by atoms with Crippen molar-refractivity contribution >= 4 is 11.7 Å². The third-order valence-corrected chi connectivity index (χ3v) is 1.79. The quantitative estimate of drug-likeness (QED) is 0.716. The van der Waals surface area contributed by atoms with Gasteiger partial charge < -0.3 is 11.1 Å². The molecule has 0 aliphatic rings. The molecule has 0 fully saturated rings. The summed E-state index contributed by atoms with van der Waals surface area (Å²) < 4.78 is 0. The van der Waals surface area contributed by atoms with Gasteiger partial charge in [-0.2, -0.15) is 0 Å². The van der Waals surface area contributed by atoms with E-state index < -0.39 is 6.04 Å². The number of hydrogen-bond donors (Lipinski definition) is 2. The van der Waals surface area contributed by atoms with Gasteiger partial charge in [-0.1, -0.05) is 6.07 Å². The number of carbonyl (C=O) groups excluding carboxylic acids is 1. The van der Waals surface area contributed by atoms with E-state index in [1.54, 1.807) is 13.1 Å². The minimum absolute atomic E-state index is 0.384. The van der Waals surface area contributed by atoms with Gasteiger partial charge in [-0.25, -0.2) is 4.98 Å². The standard InChI is InChI=1S/C9H13N3O/c1-6-4-3-5-11-9(6)12-7(2)8(10)13/h3-5,7H,1-2H3,(H2,10,13)(H,11,12). The highest BCUT2D eigenvalue weighted by molar-refractivity contribution is 5.82. The van der Waals surface area contributed by atoms with Crippen molar-refractivity contribution in [2.24, 2.45) is 5.73 Å².